The average molecular weight is 483 g/mol. The topological polar surface area (TPSA) is 91.4 Å². The highest BCUT2D eigenvalue weighted by Gasteiger charge is 2.34. The van der Waals surface area contributed by atoms with Crippen LogP contribution in [0.15, 0.2) is 60.0 Å². The first kappa shape index (κ1) is 22.9. The van der Waals surface area contributed by atoms with Crippen molar-refractivity contribution in [1.29, 1.82) is 0 Å². The summed E-state index contributed by atoms with van der Waals surface area (Å²) in [5.41, 5.74) is 2.10. The molecule has 170 valence electrons. The summed E-state index contributed by atoms with van der Waals surface area (Å²) in [5.74, 6) is -0.659. The Hall–Kier alpha value is -3.23. The summed E-state index contributed by atoms with van der Waals surface area (Å²) in [5, 5.41) is 8.30. The lowest BCUT2D eigenvalue weighted by molar-refractivity contribution is -0.120. The zero-order valence-electron chi connectivity index (χ0n) is 17.8. The molecular formula is C24H23ClN4O3S. The summed E-state index contributed by atoms with van der Waals surface area (Å²) in [4.78, 5) is 43.6. The lowest BCUT2D eigenvalue weighted by Gasteiger charge is -2.21. The van der Waals surface area contributed by atoms with Crippen molar-refractivity contribution in [2.45, 2.75) is 31.8 Å². The fraction of sp³-hybridized carbons (Fsp3) is 0.250. The van der Waals surface area contributed by atoms with Gasteiger partial charge in [-0.05, 0) is 42.7 Å². The second kappa shape index (κ2) is 10.6. The van der Waals surface area contributed by atoms with Crippen molar-refractivity contribution in [3.63, 3.8) is 0 Å². The van der Waals surface area contributed by atoms with Gasteiger partial charge in [-0.15, -0.1) is 11.3 Å². The van der Waals surface area contributed by atoms with Crippen molar-refractivity contribution >= 4 is 45.8 Å². The van der Waals surface area contributed by atoms with Crippen LogP contribution in [0, 0.1) is 0 Å². The highest BCUT2D eigenvalue weighted by atomic mass is 35.5. The Labute approximate surface area is 200 Å². The van der Waals surface area contributed by atoms with Crippen molar-refractivity contribution in [1.82, 2.24) is 15.2 Å². The van der Waals surface area contributed by atoms with Crippen molar-refractivity contribution in [3.8, 4) is 0 Å². The lowest BCUT2D eigenvalue weighted by Crippen LogP contribution is -2.39. The Bertz CT molecular complexity index is 1130. The van der Waals surface area contributed by atoms with Gasteiger partial charge in [0.1, 0.15) is 6.54 Å². The average Bonchev–Trinajstić information content (AvgIpc) is 3.57. The van der Waals surface area contributed by atoms with E-state index in [-0.39, 0.29) is 36.7 Å². The second-order valence-corrected chi connectivity index (χ2v) is 9.10. The van der Waals surface area contributed by atoms with Crippen molar-refractivity contribution in [3.05, 3.63) is 81.8 Å². The quantitative estimate of drug-likeness (QED) is 0.484. The SMILES string of the molecule is O=C(Cc1csc(NC(=O)CN(C(=O)c2ccc(Cl)cc2)C2CC2)n1)NCc1ccccc1. The number of amides is 3. The Morgan fingerprint density at radius 3 is 2.45 bits per heavy atom. The molecule has 0 radical (unpaired) electrons. The molecule has 1 aliphatic rings. The molecule has 0 spiro atoms. The first-order valence-electron chi connectivity index (χ1n) is 10.6. The Kier molecular flexibility index (Phi) is 7.36. The van der Waals surface area contributed by atoms with E-state index in [0.29, 0.717) is 28.0 Å². The maximum absolute atomic E-state index is 12.9. The molecule has 1 heterocycles. The molecule has 1 aromatic heterocycles. The molecule has 0 unspecified atom stereocenters. The minimum atomic E-state index is -0.321. The lowest BCUT2D eigenvalue weighted by atomic mass is 10.2. The molecule has 3 amide bonds. The molecule has 33 heavy (non-hydrogen) atoms. The smallest absolute Gasteiger partial charge is 0.254 e. The Balaban J connectivity index is 1.29. The van der Waals surface area contributed by atoms with Crippen molar-refractivity contribution in [2.75, 3.05) is 11.9 Å². The number of nitrogens with one attached hydrogen (secondary N) is 2. The molecule has 1 aliphatic carbocycles. The van der Waals surface area contributed by atoms with Crippen LogP contribution in [0.5, 0.6) is 0 Å². The number of hydrogen-bond donors (Lipinski definition) is 2. The standard InChI is InChI=1S/C24H23ClN4O3S/c25-18-8-6-17(7-9-18)23(32)29(20-10-11-20)14-22(31)28-24-27-19(15-33-24)12-21(30)26-13-16-4-2-1-3-5-16/h1-9,15,20H,10-14H2,(H,26,30)(H,27,28,31). The van der Waals surface area contributed by atoms with Gasteiger partial charge in [0.25, 0.3) is 5.91 Å². The molecule has 1 fully saturated rings. The number of hydrogen-bond acceptors (Lipinski definition) is 5. The summed E-state index contributed by atoms with van der Waals surface area (Å²) in [6, 6.07) is 16.4. The molecule has 0 aliphatic heterocycles. The monoisotopic (exact) mass is 482 g/mol. The van der Waals surface area contributed by atoms with Crippen molar-refractivity contribution in [2.24, 2.45) is 0 Å². The molecule has 9 heteroatoms. The van der Waals surface area contributed by atoms with E-state index in [1.165, 1.54) is 11.3 Å². The summed E-state index contributed by atoms with van der Waals surface area (Å²) in [6.07, 6.45) is 1.89. The number of benzene rings is 2. The van der Waals surface area contributed by atoms with E-state index in [1.54, 1.807) is 34.5 Å². The maximum atomic E-state index is 12.9. The first-order chi connectivity index (χ1) is 16.0. The highest BCUT2D eigenvalue weighted by Crippen LogP contribution is 2.28. The van der Waals surface area contributed by atoms with Crippen molar-refractivity contribution < 1.29 is 14.4 Å². The van der Waals surface area contributed by atoms with Gasteiger partial charge in [-0.25, -0.2) is 4.98 Å². The van der Waals surface area contributed by atoms with Crippen LogP contribution < -0.4 is 10.6 Å². The predicted octanol–water partition coefficient (Wildman–Crippen LogP) is 3.90. The van der Waals surface area contributed by atoms with E-state index in [2.05, 4.69) is 15.6 Å². The molecule has 1 saturated carbocycles. The number of carbonyl (C=O) groups excluding carboxylic acids is 3. The number of carbonyl (C=O) groups is 3. The van der Waals surface area contributed by atoms with Gasteiger partial charge in [0, 0.05) is 28.6 Å². The first-order valence-corrected chi connectivity index (χ1v) is 11.8. The Morgan fingerprint density at radius 1 is 1.03 bits per heavy atom. The number of rotatable bonds is 9. The van der Waals surface area contributed by atoms with Gasteiger partial charge in [-0.3, -0.25) is 14.4 Å². The van der Waals surface area contributed by atoms with Gasteiger partial charge < -0.3 is 15.5 Å². The van der Waals surface area contributed by atoms with E-state index in [4.69, 9.17) is 11.6 Å². The van der Waals surface area contributed by atoms with Crippen LogP contribution in [0.3, 0.4) is 0 Å². The van der Waals surface area contributed by atoms with E-state index < -0.39 is 0 Å². The summed E-state index contributed by atoms with van der Waals surface area (Å²) in [6.45, 7) is 0.394. The van der Waals surface area contributed by atoms with Crippen LogP contribution in [0.1, 0.15) is 34.5 Å². The zero-order chi connectivity index (χ0) is 23.2. The van der Waals surface area contributed by atoms with Gasteiger partial charge >= 0.3 is 0 Å². The fourth-order valence-electron chi connectivity index (χ4n) is 3.29. The van der Waals surface area contributed by atoms with Gasteiger partial charge in [-0.1, -0.05) is 41.9 Å². The molecule has 0 saturated heterocycles. The van der Waals surface area contributed by atoms with Gasteiger partial charge in [0.05, 0.1) is 12.1 Å². The molecular weight excluding hydrogens is 460 g/mol. The van der Waals surface area contributed by atoms with Crippen LogP contribution in [-0.4, -0.2) is 40.2 Å². The number of thiazole rings is 1. The van der Waals surface area contributed by atoms with Crippen LogP contribution >= 0.6 is 22.9 Å². The number of aromatic nitrogens is 1. The summed E-state index contributed by atoms with van der Waals surface area (Å²) >= 11 is 7.16. The van der Waals surface area contributed by atoms with Crippen LogP contribution in [0.2, 0.25) is 5.02 Å². The third-order valence-electron chi connectivity index (χ3n) is 5.13. The molecule has 0 bridgehead atoms. The van der Waals surface area contributed by atoms with Gasteiger partial charge in [0.2, 0.25) is 11.8 Å². The highest BCUT2D eigenvalue weighted by molar-refractivity contribution is 7.13. The molecule has 4 rings (SSSR count). The number of anilines is 1. The zero-order valence-corrected chi connectivity index (χ0v) is 19.4. The van der Waals surface area contributed by atoms with E-state index in [1.807, 2.05) is 30.3 Å². The molecule has 0 atom stereocenters. The second-order valence-electron chi connectivity index (χ2n) is 7.80. The normalized spacial score (nSPS) is 12.8. The maximum Gasteiger partial charge on any atom is 0.254 e. The van der Waals surface area contributed by atoms with Crippen LogP contribution in [0.25, 0.3) is 0 Å². The molecule has 3 aromatic rings. The minimum Gasteiger partial charge on any atom is -0.352 e. The van der Waals surface area contributed by atoms with E-state index in [0.717, 1.165) is 18.4 Å². The minimum absolute atomic E-state index is 0.0569. The summed E-state index contributed by atoms with van der Waals surface area (Å²) in [7, 11) is 0. The number of halogens is 1. The molecule has 2 aromatic carbocycles. The van der Waals surface area contributed by atoms with Gasteiger partial charge in [-0.2, -0.15) is 0 Å². The van der Waals surface area contributed by atoms with Crippen LogP contribution in [-0.2, 0) is 22.6 Å². The fourth-order valence-corrected chi connectivity index (χ4v) is 4.15. The summed E-state index contributed by atoms with van der Waals surface area (Å²) < 4.78 is 0. The largest absolute Gasteiger partial charge is 0.352 e. The van der Waals surface area contributed by atoms with E-state index in [9.17, 15) is 14.4 Å². The predicted molar refractivity (Wildman–Crippen MR) is 128 cm³/mol. The van der Waals surface area contributed by atoms with Gasteiger partial charge in [0.15, 0.2) is 5.13 Å². The van der Waals surface area contributed by atoms with E-state index >= 15 is 0 Å². The van der Waals surface area contributed by atoms with Crippen LogP contribution in [0.4, 0.5) is 5.13 Å². The third kappa shape index (κ3) is 6.63. The Morgan fingerprint density at radius 2 is 1.76 bits per heavy atom. The molecule has 2 N–H and O–H groups in total. The third-order valence-corrected chi connectivity index (χ3v) is 6.18. The number of nitrogens with zero attached hydrogens (tertiary/aromatic N) is 2. The molecule has 7 nitrogen and oxygen atoms in total.